The van der Waals surface area contributed by atoms with Gasteiger partial charge in [-0.3, -0.25) is 14.4 Å². The molecule has 8 nitrogen and oxygen atoms in total. The van der Waals surface area contributed by atoms with Crippen molar-refractivity contribution in [1.82, 2.24) is 14.8 Å². The summed E-state index contributed by atoms with van der Waals surface area (Å²) in [5, 5.41) is 2.58. The van der Waals surface area contributed by atoms with Crippen LogP contribution in [0, 0.1) is 5.82 Å². The van der Waals surface area contributed by atoms with Crippen LogP contribution >= 0.6 is 0 Å². The lowest BCUT2D eigenvalue weighted by Crippen LogP contribution is -2.57. The minimum absolute atomic E-state index is 0.267. The first-order valence-electron chi connectivity index (χ1n) is 10.1. The zero-order valence-corrected chi connectivity index (χ0v) is 17.6. The smallest absolute Gasteiger partial charge is 0.271 e. The predicted molar refractivity (Wildman–Crippen MR) is 111 cm³/mol. The molecule has 1 fully saturated rings. The lowest BCUT2D eigenvalue weighted by molar-refractivity contribution is -0.132. The van der Waals surface area contributed by atoms with Crippen molar-refractivity contribution in [3.63, 3.8) is 0 Å². The Morgan fingerprint density at radius 3 is 2.58 bits per heavy atom. The SMILES string of the molecule is C[C@@H](NC(=O)[C@H]1C[C@H](OCc2ccc(F)cc2)CCN1C(=O)c1cccn1C)C(N)=O. The maximum atomic E-state index is 13.1. The molecule has 3 N–H and O–H groups in total. The molecule has 3 atom stereocenters. The summed E-state index contributed by atoms with van der Waals surface area (Å²) in [6.07, 6.45) is 2.30. The zero-order valence-electron chi connectivity index (χ0n) is 17.6. The van der Waals surface area contributed by atoms with Gasteiger partial charge in [0.2, 0.25) is 11.8 Å². The average Bonchev–Trinajstić information content (AvgIpc) is 3.18. The Balaban J connectivity index is 1.73. The molecule has 3 amide bonds. The quantitative estimate of drug-likeness (QED) is 0.691. The summed E-state index contributed by atoms with van der Waals surface area (Å²) in [6, 6.07) is 7.79. The van der Waals surface area contributed by atoms with Crippen LogP contribution in [0.1, 0.15) is 35.8 Å². The van der Waals surface area contributed by atoms with E-state index >= 15 is 0 Å². The molecule has 0 saturated carbocycles. The number of hydrogen-bond acceptors (Lipinski definition) is 4. The number of nitrogens with one attached hydrogen (secondary N) is 1. The third-order valence-electron chi connectivity index (χ3n) is 5.47. The molecule has 2 aromatic rings. The van der Waals surface area contributed by atoms with Gasteiger partial charge in [-0.15, -0.1) is 0 Å². The van der Waals surface area contributed by atoms with Crippen LogP contribution in [0.5, 0.6) is 0 Å². The number of nitrogens with zero attached hydrogens (tertiary/aromatic N) is 2. The van der Waals surface area contributed by atoms with Crippen molar-refractivity contribution < 1.29 is 23.5 Å². The number of carbonyl (C=O) groups excluding carboxylic acids is 3. The molecule has 1 aromatic carbocycles. The number of piperidine rings is 1. The van der Waals surface area contributed by atoms with Gasteiger partial charge >= 0.3 is 0 Å². The molecular formula is C22H27FN4O4. The van der Waals surface area contributed by atoms with Gasteiger partial charge in [-0.25, -0.2) is 4.39 Å². The van der Waals surface area contributed by atoms with Gasteiger partial charge in [0.15, 0.2) is 0 Å². The second-order valence-electron chi connectivity index (χ2n) is 7.74. The number of likely N-dealkylation sites (tertiary alicyclic amines) is 1. The van der Waals surface area contributed by atoms with Crippen molar-refractivity contribution in [3.8, 4) is 0 Å². The van der Waals surface area contributed by atoms with Gasteiger partial charge in [0.1, 0.15) is 23.6 Å². The number of aromatic nitrogens is 1. The Labute approximate surface area is 180 Å². The van der Waals surface area contributed by atoms with Crippen LogP contribution in [0.25, 0.3) is 0 Å². The molecule has 1 aliphatic rings. The van der Waals surface area contributed by atoms with Gasteiger partial charge in [-0.05, 0) is 43.2 Å². The van der Waals surface area contributed by atoms with Crippen LogP contribution in [-0.2, 0) is 28.0 Å². The molecule has 3 rings (SSSR count). The Morgan fingerprint density at radius 1 is 1.26 bits per heavy atom. The molecule has 1 saturated heterocycles. The van der Waals surface area contributed by atoms with E-state index in [0.29, 0.717) is 18.7 Å². The highest BCUT2D eigenvalue weighted by Gasteiger charge is 2.38. The van der Waals surface area contributed by atoms with E-state index in [1.54, 1.807) is 42.1 Å². The molecule has 166 valence electrons. The van der Waals surface area contributed by atoms with Crippen LogP contribution in [0.3, 0.4) is 0 Å². The number of rotatable bonds is 7. The second kappa shape index (κ2) is 9.74. The first-order chi connectivity index (χ1) is 14.8. The Hall–Kier alpha value is -3.20. The number of aryl methyl sites for hydroxylation is 1. The van der Waals surface area contributed by atoms with E-state index in [0.717, 1.165) is 5.56 Å². The number of nitrogens with two attached hydrogens (primary N) is 1. The minimum Gasteiger partial charge on any atom is -0.373 e. The van der Waals surface area contributed by atoms with Crippen LogP contribution in [-0.4, -0.2) is 51.9 Å². The van der Waals surface area contributed by atoms with Crippen molar-refractivity contribution in [2.45, 2.75) is 44.6 Å². The van der Waals surface area contributed by atoms with Gasteiger partial charge in [0.25, 0.3) is 5.91 Å². The van der Waals surface area contributed by atoms with E-state index < -0.39 is 23.9 Å². The van der Waals surface area contributed by atoms with E-state index in [1.165, 1.54) is 24.0 Å². The maximum absolute atomic E-state index is 13.1. The number of carbonyl (C=O) groups is 3. The summed E-state index contributed by atoms with van der Waals surface area (Å²) >= 11 is 0. The Bertz CT molecular complexity index is 943. The lowest BCUT2D eigenvalue weighted by atomic mass is 9.97. The molecule has 0 radical (unpaired) electrons. The highest BCUT2D eigenvalue weighted by Crippen LogP contribution is 2.24. The molecule has 1 aliphatic heterocycles. The van der Waals surface area contributed by atoms with E-state index in [-0.39, 0.29) is 30.9 Å². The molecule has 0 aliphatic carbocycles. The highest BCUT2D eigenvalue weighted by molar-refractivity contribution is 5.97. The topological polar surface area (TPSA) is 107 Å². The summed E-state index contributed by atoms with van der Waals surface area (Å²) in [4.78, 5) is 38.9. The normalized spacial score (nSPS) is 19.6. The second-order valence-corrected chi connectivity index (χ2v) is 7.74. The largest absolute Gasteiger partial charge is 0.373 e. The van der Waals surface area contributed by atoms with Crippen molar-refractivity contribution >= 4 is 17.7 Å². The average molecular weight is 430 g/mol. The number of halogens is 1. The molecule has 2 heterocycles. The van der Waals surface area contributed by atoms with E-state index in [9.17, 15) is 18.8 Å². The summed E-state index contributed by atoms with van der Waals surface area (Å²) in [5.74, 6) is -1.70. The fourth-order valence-corrected chi connectivity index (χ4v) is 3.58. The monoisotopic (exact) mass is 430 g/mol. The Kier molecular flexibility index (Phi) is 7.06. The number of ether oxygens (including phenoxy) is 1. The standard InChI is InChI=1S/C22H27FN4O4/c1-14(20(24)28)25-21(29)19-12-17(31-13-15-5-7-16(23)8-6-15)9-11-27(19)22(30)18-4-3-10-26(18)2/h3-8,10,14,17,19H,9,11-13H2,1-2H3,(H2,24,28)(H,25,29)/t14-,17-,19-/m1/s1. The third kappa shape index (κ3) is 5.49. The predicted octanol–water partition coefficient (Wildman–Crippen LogP) is 1.34. The van der Waals surface area contributed by atoms with Gasteiger partial charge in [0, 0.05) is 26.2 Å². The van der Waals surface area contributed by atoms with Gasteiger partial charge < -0.3 is 25.3 Å². The van der Waals surface area contributed by atoms with Crippen LogP contribution < -0.4 is 11.1 Å². The summed E-state index contributed by atoms with van der Waals surface area (Å²) in [7, 11) is 1.76. The van der Waals surface area contributed by atoms with Crippen LogP contribution in [0.4, 0.5) is 4.39 Å². The van der Waals surface area contributed by atoms with Crippen LogP contribution in [0.15, 0.2) is 42.6 Å². The molecule has 0 unspecified atom stereocenters. The van der Waals surface area contributed by atoms with Crippen LogP contribution in [0.2, 0.25) is 0 Å². The number of primary amides is 1. The molecular weight excluding hydrogens is 403 g/mol. The maximum Gasteiger partial charge on any atom is 0.271 e. The first kappa shape index (κ1) is 22.5. The molecule has 0 bridgehead atoms. The van der Waals surface area contributed by atoms with E-state index in [2.05, 4.69) is 5.32 Å². The third-order valence-corrected chi connectivity index (χ3v) is 5.47. The lowest BCUT2D eigenvalue weighted by Gasteiger charge is -2.38. The molecule has 1 aromatic heterocycles. The van der Waals surface area contributed by atoms with Crippen molar-refractivity contribution in [2.24, 2.45) is 12.8 Å². The zero-order chi connectivity index (χ0) is 22.5. The molecule has 31 heavy (non-hydrogen) atoms. The van der Waals surface area contributed by atoms with E-state index in [1.807, 2.05) is 0 Å². The number of benzene rings is 1. The fraction of sp³-hybridized carbons (Fsp3) is 0.409. The first-order valence-corrected chi connectivity index (χ1v) is 10.1. The minimum atomic E-state index is -0.861. The van der Waals surface area contributed by atoms with Crippen molar-refractivity contribution in [3.05, 3.63) is 59.7 Å². The summed E-state index contributed by atoms with van der Waals surface area (Å²) < 4.78 is 20.7. The number of amides is 3. The van der Waals surface area contributed by atoms with Gasteiger partial charge in [0.05, 0.1) is 12.7 Å². The summed E-state index contributed by atoms with van der Waals surface area (Å²) in [6.45, 7) is 2.08. The molecule has 0 spiro atoms. The highest BCUT2D eigenvalue weighted by atomic mass is 19.1. The summed E-state index contributed by atoms with van der Waals surface area (Å²) in [5.41, 5.74) is 6.54. The van der Waals surface area contributed by atoms with Crippen molar-refractivity contribution in [2.75, 3.05) is 6.54 Å². The van der Waals surface area contributed by atoms with Gasteiger partial charge in [-0.1, -0.05) is 12.1 Å². The van der Waals surface area contributed by atoms with Crippen molar-refractivity contribution in [1.29, 1.82) is 0 Å². The fourth-order valence-electron chi connectivity index (χ4n) is 3.58. The molecule has 9 heteroatoms. The Morgan fingerprint density at radius 2 is 1.97 bits per heavy atom. The van der Waals surface area contributed by atoms with E-state index in [4.69, 9.17) is 10.5 Å². The number of hydrogen-bond donors (Lipinski definition) is 2. The van der Waals surface area contributed by atoms with Gasteiger partial charge in [-0.2, -0.15) is 0 Å².